The standard InChI is InChI=1S/C13H9FN4O2/c14-11-8-7(12(19)17-18-13(8)20)9(15)10(16-11)6-4-2-1-3-5-6/h1-5H,15H2,(H,17,19)(H,18,20). The van der Waals surface area contributed by atoms with E-state index >= 15 is 0 Å². The summed E-state index contributed by atoms with van der Waals surface area (Å²) in [6, 6.07) is 8.63. The first-order chi connectivity index (χ1) is 9.59. The Morgan fingerprint density at radius 2 is 1.60 bits per heavy atom. The number of halogens is 1. The van der Waals surface area contributed by atoms with Crippen molar-refractivity contribution in [1.29, 1.82) is 0 Å². The summed E-state index contributed by atoms with van der Waals surface area (Å²) >= 11 is 0. The number of anilines is 1. The fraction of sp³-hybridized carbons (Fsp3) is 0. The van der Waals surface area contributed by atoms with Crippen molar-refractivity contribution in [2.75, 3.05) is 5.73 Å². The zero-order valence-electron chi connectivity index (χ0n) is 10.1. The number of rotatable bonds is 1. The minimum absolute atomic E-state index is 0.0278. The molecule has 0 saturated heterocycles. The molecule has 2 aromatic heterocycles. The lowest BCUT2D eigenvalue weighted by Crippen LogP contribution is -2.22. The van der Waals surface area contributed by atoms with Crippen LogP contribution >= 0.6 is 0 Å². The molecule has 0 radical (unpaired) electrons. The fourth-order valence-electron chi connectivity index (χ4n) is 2.07. The molecule has 0 spiro atoms. The van der Waals surface area contributed by atoms with Gasteiger partial charge >= 0.3 is 0 Å². The van der Waals surface area contributed by atoms with Crippen LogP contribution in [0.1, 0.15) is 0 Å². The molecule has 20 heavy (non-hydrogen) atoms. The number of benzene rings is 1. The highest BCUT2D eigenvalue weighted by Gasteiger charge is 2.18. The number of aromatic amines is 2. The Bertz CT molecular complexity index is 915. The second-order valence-corrected chi connectivity index (χ2v) is 4.19. The Morgan fingerprint density at radius 3 is 2.25 bits per heavy atom. The predicted molar refractivity (Wildman–Crippen MR) is 72.8 cm³/mol. The number of H-pyrrole nitrogens is 2. The Morgan fingerprint density at radius 1 is 1.00 bits per heavy atom. The van der Waals surface area contributed by atoms with Gasteiger partial charge < -0.3 is 5.73 Å². The molecule has 3 rings (SSSR count). The van der Waals surface area contributed by atoms with E-state index in [2.05, 4.69) is 10.1 Å². The predicted octanol–water partition coefficient (Wildman–Crippen LogP) is 1.000. The summed E-state index contributed by atoms with van der Waals surface area (Å²) in [6.45, 7) is 0. The van der Waals surface area contributed by atoms with Gasteiger partial charge in [-0.05, 0) is 0 Å². The van der Waals surface area contributed by atoms with Crippen LogP contribution in [0.4, 0.5) is 10.1 Å². The smallest absolute Gasteiger partial charge is 0.275 e. The molecular weight excluding hydrogens is 263 g/mol. The lowest BCUT2D eigenvalue weighted by Gasteiger charge is -2.08. The maximum absolute atomic E-state index is 14.0. The number of pyridine rings is 1. The first-order valence-corrected chi connectivity index (χ1v) is 5.74. The second-order valence-electron chi connectivity index (χ2n) is 4.19. The van der Waals surface area contributed by atoms with Crippen molar-refractivity contribution in [2.45, 2.75) is 0 Å². The van der Waals surface area contributed by atoms with Gasteiger partial charge in [-0.25, -0.2) is 4.98 Å². The summed E-state index contributed by atoms with van der Waals surface area (Å²) < 4.78 is 14.0. The van der Waals surface area contributed by atoms with Crippen molar-refractivity contribution in [3.63, 3.8) is 0 Å². The molecular formula is C13H9FN4O2. The van der Waals surface area contributed by atoms with Gasteiger partial charge in [-0.15, -0.1) is 0 Å². The first kappa shape index (κ1) is 12.1. The van der Waals surface area contributed by atoms with Crippen LogP contribution in [0.5, 0.6) is 0 Å². The molecule has 0 saturated carbocycles. The van der Waals surface area contributed by atoms with Gasteiger partial charge in [0.2, 0.25) is 5.95 Å². The maximum Gasteiger partial charge on any atom is 0.275 e. The summed E-state index contributed by atoms with van der Waals surface area (Å²) in [6.07, 6.45) is 0. The second kappa shape index (κ2) is 4.30. The van der Waals surface area contributed by atoms with Crippen molar-refractivity contribution >= 4 is 16.5 Å². The molecule has 0 aliphatic carbocycles. The van der Waals surface area contributed by atoms with E-state index in [1.165, 1.54) is 0 Å². The molecule has 0 aliphatic rings. The fourth-order valence-corrected chi connectivity index (χ4v) is 2.07. The normalized spacial score (nSPS) is 10.8. The number of aromatic nitrogens is 3. The van der Waals surface area contributed by atoms with E-state index in [1.54, 1.807) is 30.3 Å². The van der Waals surface area contributed by atoms with Gasteiger partial charge in [0.15, 0.2) is 0 Å². The Balaban J connectivity index is 2.50. The number of hydrogen-bond acceptors (Lipinski definition) is 4. The van der Waals surface area contributed by atoms with Crippen LogP contribution < -0.4 is 16.9 Å². The zero-order valence-corrected chi connectivity index (χ0v) is 10.1. The summed E-state index contributed by atoms with van der Waals surface area (Å²) in [5.74, 6) is -1.03. The van der Waals surface area contributed by atoms with E-state index in [0.29, 0.717) is 5.56 Å². The van der Waals surface area contributed by atoms with E-state index in [1.807, 2.05) is 5.10 Å². The van der Waals surface area contributed by atoms with Crippen LogP contribution in [0, 0.1) is 5.95 Å². The maximum atomic E-state index is 14.0. The molecule has 0 fully saturated rings. The molecule has 0 amide bonds. The van der Waals surface area contributed by atoms with Gasteiger partial charge in [0, 0.05) is 5.56 Å². The highest BCUT2D eigenvalue weighted by molar-refractivity contribution is 5.97. The van der Waals surface area contributed by atoms with Crippen LogP contribution in [0.25, 0.3) is 22.0 Å². The largest absolute Gasteiger partial charge is 0.396 e. The van der Waals surface area contributed by atoms with Gasteiger partial charge in [0.05, 0.1) is 16.8 Å². The van der Waals surface area contributed by atoms with Gasteiger partial charge in [-0.3, -0.25) is 19.8 Å². The van der Waals surface area contributed by atoms with Crippen molar-refractivity contribution in [3.8, 4) is 11.3 Å². The number of nitrogens with zero attached hydrogens (tertiary/aromatic N) is 1. The van der Waals surface area contributed by atoms with E-state index in [4.69, 9.17) is 5.73 Å². The third-order valence-corrected chi connectivity index (χ3v) is 2.98. The molecule has 0 unspecified atom stereocenters. The Hall–Kier alpha value is -2.96. The van der Waals surface area contributed by atoms with E-state index in [-0.39, 0.29) is 16.8 Å². The zero-order chi connectivity index (χ0) is 14.3. The summed E-state index contributed by atoms with van der Waals surface area (Å²) in [7, 11) is 0. The van der Waals surface area contributed by atoms with Gasteiger partial charge in [-0.2, -0.15) is 4.39 Å². The summed E-state index contributed by atoms with van der Waals surface area (Å²) in [4.78, 5) is 27.1. The summed E-state index contributed by atoms with van der Waals surface area (Å²) in [5.41, 5.74) is 5.10. The van der Waals surface area contributed by atoms with Crippen molar-refractivity contribution in [2.24, 2.45) is 0 Å². The van der Waals surface area contributed by atoms with Gasteiger partial charge in [-0.1, -0.05) is 30.3 Å². The minimum Gasteiger partial charge on any atom is -0.396 e. The average molecular weight is 272 g/mol. The van der Waals surface area contributed by atoms with Crippen LogP contribution in [-0.2, 0) is 0 Å². The number of hydrogen-bond donors (Lipinski definition) is 3. The van der Waals surface area contributed by atoms with Crippen LogP contribution in [-0.4, -0.2) is 15.2 Å². The first-order valence-electron chi connectivity index (χ1n) is 5.74. The average Bonchev–Trinajstić information content (AvgIpc) is 2.46. The molecule has 4 N–H and O–H groups in total. The molecule has 0 atom stereocenters. The van der Waals surface area contributed by atoms with Crippen LogP contribution in [0.3, 0.4) is 0 Å². The molecule has 2 heterocycles. The van der Waals surface area contributed by atoms with Crippen molar-refractivity contribution < 1.29 is 4.39 Å². The lowest BCUT2D eigenvalue weighted by molar-refractivity contribution is 0.596. The molecule has 0 bridgehead atoms. The third-order valence-electron chi connectivity index (χ3n) is 2.98. The van der Waals surface area contributed by atoms with Crippen molar-refractivity contribution in [1.82, 2.24) is 15.2 Å². The molecule has 100 valence electrons. The molecule has 3 aromatic rings. The number of nitrogens with one attached hydrogen (secondary N) is 2. The third kappa shape index (κ3) is 1.68. The highest BCUT2D eigenvalue weighted by atomic mass is 19.1. The van der Waals surface area contributed by atoms with Crippen molar-refractivity contribution in [3.05, 3.63) is 57.0 Å². The number of nitrogens with two attached hydrogens (primary N) is 1. The van der Waals surface area contributed by atoms with E-state index in [9.17, 15) is 14.0 Å². The topological polar surface area (TPSA) is 105 Å². The Kier molecular flexibility index (Phi) is 2.60. The Labute approximate surface area is 111 Å². The summed E-state index contributed by atoms with van der Waals surface area (Å²) in [5, 5.41) is 3.53. The lowest BCUT2D eigenvalue weighted by atomic mass is 10.1. The number of fused-ring (bicyclic) bond motifs is 1. The van der Waals surface area contributed by atoms with Gasteiger partial charge in [0.25, 0.3) is 11.1 Å². The molecule has 7 heteroatoms. The molecule has 6 nitrogen and oxygen atoms in total. The highest BCUT2D eigenvalue weighted by Crippen LogP contribution is 2.28. The quantitative estimate of drug-likeness (QED) is 0.575. The monoisotopic (exact) mass is 272 g/mol. The van der Waals surface area contributed by atoms with E-state index < -0.39 is 22.5 Å². The molecule has 0 aliphatic heterocycles. The number of nitrogen functional groups attached to an aromatic ring is 1. The van der Waals surface area contributed by atoms with Crippen LogP contribution in [0.2, 0.25) is 0 Å². The minimum atomic E-state index is -1.03. The SMILES string of the molecule is Nc1c(-c2ccccc2)nc(F)c2c(=O)[nH][nH]c(=O)c12. The molecule has 1 aromatic carbocycles. The van der Waals surface area contributed by atoms with E-state index in [0.717, 1.165) is 0 Å². The van der Waals surface area contributed by atoms with Crippen LogP contribution in [0.15, 0.2) is 39.9 Å². The van der Waals surface area contributed by atoms with Gasteiger partial charge in [0.1, 0.15) is 5.39 Å².